The van der Waals surface area contributed by atoms with E-state index in [2.05, 4.69) is 32.7 Å². The summed E-state index contributed by atoms with van der Waals surface area (Å²) in [6.07, 6.45) is 2.64. The minimum Gasteiger partial charge on any atom is -0.370 e. The van der Waals surface area contributed by atoms with Gasteiger partial charge in [0, 0.05) is 24.0 Å². The lowest BCUT2D eigenvalue weighted by atomic mass is 10.1. The molecule has 0 bridgehead atoms. The van der Waals surface area contributed by atoms with E-state index in [1.54, 1.807) is 25.3 Å². The third-order valence-corrected chi connectivity index (χ3v) is 3.77. The summed E-state index contributed by atoms with van der Waals surface area (Å²) in [6, 6.07) is 19.4. The summed E-state index contributed by atoms with van der Waals surface area (Å²) in [6.45, 7) is 2.35. The molecule has 3 rings (SSSR count). The molecule has 0 spiro atoms. The largest absolute Gasteiger partial charge is 0.370 e. The Balaban J connectivity index is 1.58. The third kappa shape index (κ3) is 4.88. The van der Waals surface area contributed by atoms with Gasteiger partial charge in [-0.15, -0.1) is 0 Å². The lowest BCUT2D eigenvalue weighted by Crippen LogP contribution is -2.07. The second-order valence-electron chi connectivity index (χ2n) is 5.69. The van der Waals surface area contributed by atoms with Crippen molar-refractivity contribution in [3.63, 3.8) is 0 Å². The fraction of sp³-hybridized carbons (Fsp3) is 0.150. The lowest BCUT2D eigenvalue weighted by Gasteiger charge is -2.09. The normalized spacial score (nSPS) is 10.3. The molecule has 1 aromatic heterocycles. The van der Waals surface area contributed by atoms with Crippen LogP contribution in [0.5, 0.6) is 0 Å². The highest BCUT2D eigenvalue weighted by molar-refractivity contribution is 5.94. The summed E-state index contributed by atoms with van der Waals surface area (Å²) in [4.78, 5) is 20.0. The summed E-state index contributed by atoms with van der Waals surface area (Å²) in [5.41, 5.74) is 2.81. The van der Waals surface area contributed by atoms with Gasteiger partial charge in [-0.3, -0.25) is 4.79 Å². The van der Waals surface area contributed by atoms with Crippen molar-refractivity contribution in [3.05, 3.63) is 78.0 Å². The van der Waals surface area contributed by atoms with Crippen LogP contribution in [-0.2, 0) is 6.42 Å². The molecule has 1 heterocycles. The molecule has 25 heavy (non-hydrogen) atoms. The molecule has 0 aliphatic heterocycles. The predicted octanol–water partition coefficient (Wildman–Crippen LogP) is 4.08. The van der Waals surface area contributed by atoms with Gasteiger partial charge in [-0.05, 0) is 49.2 Å². The summed E-state index contributed by atoms with van der Waals surface area (Å²) in [5, 5.41) is 6.45. The first-order chi connectivity index (χ1) is 12.2. The zero-order valence-electron chi connectivity index (χ0n) is 14.1. The Morgan fingerprint density at radius 3 is 2.48 bits per heavy atom. The maximum absolute atomic E-state index is 11.3. The van der Waals surface area contributed by atoms with Gasteiger partial charge in [0.15, 0.2) is 5.78 Å². The van der Waals surface area contributed by atoms with Crippen LogP contribution in [0, 0.1) is 0 Å². The first kappa shape index (κ1) is 16.6. The highest BCUT2D eigenvalue weighted by Crippen LogP contribution is 2.15. The molecule has 0 saturated heterocycles. The summed E-state index contributed by atoms with van der Waals surface area (Å²) in [5.74, 6) is 1.33. The molecule has 2 N–H and O–H groups in total. The molecular weight excluding hydrogens is 312 g/mol. The smallest absolute Gasteiger partial charge is 0.229 e. The van der Waals surface area contributed by atoms with E-state index >= 15 is 0 Å². The molecule has 0 radical (unpaired) electrons. The van der Waals surface area contributed by atoms with Crippen molar-refractivity contribution < 1.29 is 4.79 Å². The van der Waals surface area contributed by atoms with Crippen molar-refractivity contribution in [1.29, 1.82) is 0 Å². The van der Waals surface area contributed by atoms with Crippen molar-refractivity contribution in [2.24, 2.45) is 0 Å². The molecule has 0 aliphatic carbocycles. The van der Waals surface area contributed by atoms with Crippen molar-refractivity contribution in [1.82, 2.24) is 9.97 Å². The highest BCUT2D eigenvalue weighted by Gasteiger charge is 2.02. The van der Waals surface area contributed by atoms with E-state index in [9.17, 15) is 4.79 Å². The molecule has 2 aromatic carbocycles. The summed E-state index contributed by atoms with van der Waals surface area (Å²) < 4.78 is 0. The van der Waals surface area contributed by atoms with Gasteiger partial charge < -0.3 is 10.6 Å². The van der Waals surface area contributed by atoms with Crippen molar-refractivity contribution in [3.8, 4) is 0 Å². The molecular formula is C20H20N4O. The van der Waals surface area contributed by atoms with Crippen LogP contribution in [0.3, 0.4) is 0 Å². The van der Waals surface area contributed by atoms with Gasteiger partial charge in [-0.1, -0.05) is 30.3 Å². The van der Waals surface area contributed by atoms with Gasteiger partial charge in [-0.25, -0.2) is 4.98 Å². The SMILES string of the molecule is CC(=O)c1ccc(Nc2nccc(NCCc3ccccc3)n2)cc1. The van der Waals surface area contributed by atoms with Crippen LogP contribution in [0.15, 0.2) is 66.9 Å². The fourth-order valence-electron chi connectivity index (χ4n) is 2.41. The number of carbonyl (C=O) groups excluding carboxylic acids is 1. The van der Waals surface area contributed by atoms with Gasteiger partial charge in [0.1, 0.15) is 5.82 Å². The average Bonchev–Trinajstić information content (AvgIpc) is 2.63. The average molecular weight is 332 g/mol. The molecule has 5 nitrogen and oxygen atoms in total. The Morgan fingerprint density at radius 1 is 1.00 bits per heavy atom. The number of benzene rings is 2. The lowest BCUT2D eigenvalue weighted by molar-refractivity contribution is 0.101. The van der Waals surface area contributed by atoms with Crippen molar-refractivity contribution in [2.75, 3.05) is 17.2 Å². The number of carbonyl (C=O) groups is 1. The van der Waals surface area contributed by atoms with Crippen LogP contribution >= 0.6 is 0 Å². The summed E-state index contributed by atoms with van der Waals surface area (Å²) >= 11 is 0. The predicted molar refractivity (Wildman–Crippen MR) is 100 cm³/mol. The molecule has 0 amide bonds. The van der Waals surface area contributed by atoms with Crippen LogP contribution < -0.4 is 10.6 Å². The first-order valence-electron chi connectivity index (χ1n) is 8.19. The standard InChI is InChI=1S/C20H20N4O/c1-15(25)17-7-9-18(10-8-17)23-20-22-14-12-19(24-20)21-13-11-16-5-3-2-4-6-16/h2-10,12,14H,11,13H2,1H3,(H2,21,22,23,24). The molecule has 0 aliphatic rings. The number of Topliss-reactive ketones (excluding diaryl/α,β-unsaturated/α-hetero) is 1. The number of rotatable bonds is 7. The van der Waals surface area contributed by atoms with Gasteiger partial charge >= 0.3 is 0 Å². The second kappa shape index (κ2) is 8.06. The molecule has 3 aromatic rings. The van der Waals surface area contributed by atoms with Crippen molar-refractivity contribution >= 4 is 23.2 Å². The van der Waals surface area contributed by atoms with Crippen LogP contribution in [0.4, 0.5) is 17.5 Å². The van der Waals surface area contributed by atoms with Gasteiger partial charge in [-0.2, -0.15) is 4.98 Å². The van der Waals surface area contributed by atoms with Crippen LogP contribution in [0.1, 0.15) is 22.8 Å². The number of ketones is 1. The van der Waals surface area contributed by atoms with E-state index in [0.29, 0.717) is 11.5 Å². The molecule has 126 valence electrons. The topological polar surface area (TPSA) is 66.9 Å². The van der Waals surface area contributed by atoms with E-state index in [0.717, 1.165) is 24.5 Å². The van der Waals surface area contributed by atoms with Crippen molar-refractivity contribution in [2.45, 2.75) is 13.3 Å². The quantitative estimate of drug-likeness (QED) is 0.638. The van der Waals surface area contributed by atoms with Crippen LogP contribution in [0.2, 0.25) is 0 Å². The van der Waals surface area contributed by atoms with Crippen LogP contribution in [-0.4, -0.2) is 22.3 Å². The summed E-state index contributed by atoms with van der Waals surface area (Å²) in [7, 11) is 0. The van der Waals surface area contributed by atoms with E-state index in [4.69, 9.17) is 0 Å². The maximum Gasteiger partial charge on any atom is 0.229 e. The molecule has 0 unspecified atom stereocenters. The first-order valence-corrected chi connectivity index (χ1v) is 8.19. The minimum absolute atomic E-state index is 0.0485. The van der Waals surface area contributed by atoms with Gasteiger partial charge in [0.05, 0.1) is 0 Å². The van der Waals surface area contributed by atoms with E-state index < -0.39 is 0 Å². The Kier molecular flexibility index (Phi) is 5.36. The maximum atomic E-state index is 11.3. The number of hydrogen-bond acceptors (Lipinski definition) is 5. The van der Waals surface area contributed by atoms with Gasteiger partial charge in [0.2, 0.25) is 5.95 Å². The Hall–Kier alpha value is -3.21. The molecule has 5 heteroatoms. The molecule has 0 atom stereocenters. The monoisotopic (exact) mass is 332 g/mol. The number of aromatic nitrogens is 2. The molecule has 0 fully saturated rings. The number of nitrogens with zero attached hydrogens (tertiary/aromatic N) is 2. The second-order valence-corrected chi connectivity index (χ2v) is 5.69. The minimum atomic E-state index is 0.0485. The number of nitrogens with one attached hydrogen (secondary N) is 2. The Labute approximate surface area is 147 Å². The third-order valence-electron chi connectivity index (χ3n) is 3.77. The zero-order chi connectivity index (χ0) is 17.5. The Morgan fingerprint density at radius 2 is 1.76 bits per heavy atom. The Bertz CT molecular complexity index is 832. The van der Waals surface area contributed by atoms with E-state index in [-0.39, 0.29) is 5.78 Å². The van der Waals surface area contributed by atoms with Gasteiger partial charge in [0.25, 0.3) is 0 Å². The van der Waals surface area contributed by atoms with Crippen LogP contribution in [0.25, 0.3) is 0 Å². The van der Waals surface area contributed by atoms with E-state index in [1.807, 2.05) is 36.4 Å². The highest BCUT2D eigenvalue weighted by atomic mass is 16.1. The number of anilines is 3. The number of hydrogen-bond donors (Lipinski definition) is 2. The van der Waals surface area contributed by atoms with E-state index in [1.165, 1.54) is 5.56 Å². The zero-order valence-corrected chi connectivity index (χ0v) is 14.1. The fourth-order valence-corrected chi connectivity index (χ4v) is 2.41. The molecule has 0 saturated carbocycles.